The van der Waals surface area contributed by atoms with Crippen LogP contribution in [0.2, 0.25) is 0 Å². The lowest BCUT2D eigenvalue weighted by Gasteiger charge is -2.09. The number of benzene rings is 1. The second-order valence-corrected chi connectivity index (χ2v) is 3.34. The van der Waals surface area contributed by atoms with Gasteiger partial charge in [-0.3, -0.25) is 0 Å². The maximum absolute atomic E-state index is 9.30. The minimum Gasteiger partial charge on any atom is -0.491 e. The Balaban J connectivity index is 1.93. The first-order valence-electron chi connectivity index (χ1n) is 4.87. The maximum atomic E-state index is 9.30. The summed E-state index contributed by atoms with van der Waals surface area (Å²) in [6.07, 6.45) is -0.708. The van der Waals surface area contributed by atoms with Crippen LogP contribution >= 0.6 is 0 Å². The van der Waals surface area contributed by atoms with Crippen molar-refractivity contribution in [2.24, 2.45) is 0 Å². The van der Waals surface area contributed by atoms with Gasteiger partial charge in [0.2, 0.25) is 6.79 Å². The van der Waals surface area contributed by atoms with Gasteiger partial charge in [-0.15, -0.1) is 0 Å². The summed E-state index contributed by atoms with van der Waals surface area (Å²) in [6.45, 7) is 0.309. The van der Waals surface area contributed by atoms with Gasteiger partial charge in [-0.25, -0.2) is 0 Å². The molecule has 1 heterocycles. The fourth-order valence-electron chi connectivity index (χ4n) is 1.32. The highest BCUT2D eigenvalue weighted by atomic mass is 16.7. The smallest absolute Gasteiger partial charge is 0.231 e. The SMILES string of the molecule is N#CCC(O)COc1ccc2c(c1)OCO2. The van der Waals surface area contributed by atoms with Gasteiger partial charge < -0.3 is 19.3 Å². The van der Waals surface area contributed by atoms with E-state index in [-0.39, 0.29) is 19.8 Å². The summed E-state index contributed by atoms with van der Waals surface area (Å²) >= 11 is 0. The van der Waals surface area contributed by atoms with E-state index in [1.54, 1.807) is 18.2 Å². The number of nitrogens with zero attached hydrogens (tertiary/aromatic N) is 1. The van der Waals surface area contributed by atoms with E-state index >= 15 is 0 Å². The van der Waals surface area contributed by atoms with Crippen molar-refractivity contribution >= 4 is 0 Å². The first-order chi connectivity index (χ1) is 7.79. The summed E-state index contributed by atoms with van der Waals surface area (Å²) in [7, 11) is 0. The third-order valence-corrected chi connectivity index (χ3v) is 2.11. The molecule has 0 bridgehead atoms. The van der Waals surface area contributed by atoms with Gasteiger partial charge in [0.15, 0.2) is 11.5 Å². The number of hydrogen-bond acceptors (Lipinski definition) is 5. The molecule has 5 nitrogen and oxygen atoms in total. The van der Waals surface area contributed by atoms with Crippen LogP contribution in [0.5, 0.6) is 17.2 Å². The zero-order valence-electron chi connectivity index (χ0n) is 8.55. The molecule has 1 aromatic rings. The van der Waals surface area contributed by atoms with E-state index in [4.69, 9.17) is 19.5 Å². The van der Waals surface area contributed by atoms with Crippen LogP contribution in [0.4, 0.5) is 0 Å². The van der Waals surface area contributed by atoms with Gasteiger partial charge in [0.1, 0.15) is 18.5 Å². The fraction of sp³-hybridized carbons (Fsp3) is 0.364. The lowest BCUT2D eigenvalue weighted by atomic mass is 10.3. The molecular weight excluding hydrogens is 210 g/mol. The third-order valence-electron chi connectivity index (χ3n) is 2.11. The van der Waals surface area contributed by atoms with Gasteiger partial charge in [0.25, 0.3) is 0 Å². The molecule has 1 atom stereocenters. The second kappa shape index (κ2) is 4.73. The summed E-state index contributed by atoms with van der Waals surface area (Å²) in [4.78, 5) is 0. The van der Waals surface area contributed by atoms with E-state index in [2.05, 4.69) is 0 Å². The maximum Gasteiger partial charge on any atom is 0.231 e. The van der Waals surface area contributed by atoms with Gasteiger partial charge in [-0.05, 0) is 12.1 Å². The Hall–Kier alpha value is -1.93. The molecule has 0 saturated carbocycles. The van der Waals surface area contributed by atoms with Crippen LogP contribution in [0.15, 0.2) is 18.2 Å². The molecule has 2 rings (SSSR count). The Bertz CT molecular complexity index is 413. The second-order valence-electron chi connectivity index (χ2n) is 3.34. The van der Waals surface area contributed by atoms with Crippen molar-refractivity contribution in [1.29, 1.82) is 5.26 Å². The molecule has 84 valence electrons. The quantitative estimate of drug-likeness (QED) is 0.823. The predicted octanol–water partition coefficient (Wildman–Crippen LogP) is 1.07. The Morgan fingerprint density at radius 3 is 3.06 bits per heavy atom. The highest BCUT2D eigenvalue weighted by Gasteiger charge is 2.14. The zero-order valence-corrected chi connectivity index (χ0v) is 8.55. The molecule has 1 N–H and O–H groups in total. The molecular formula is C11H11NO4. The van der Waals surface area contributed by atoms with E-state index in [0.717, 1.165) is 0 Å². The van der Waals surface area contributed by atoms with E-state index in [1.807, 2.05) is 6.07 Å². The normalized spacial score (nSPS) is 14.2. The molecule has 0 amide bonds. The van der Waals surface area contributed by atoms with Crippen molar-refractivity contribution in [3.63, 3.8) is 0 Å². The van der Waals surface area contributed by atoms with E-state index in [9.17, 15) is 5.11 Å². The minimum atomic E-state index is -0.768. The average Bonchev–Trinajstić information content (AvgIpc) is 2.74. The summed E-state index contributed by atoms with van der Waals surface area (Å²) in [5.41, 5.74) is 0. The van der Waals surface area contributed by atoms with E-state index in [0.29, 0.717) is 17.2 Å². The van der Waals surface area contributed by atoms with Crippen LogP contribution in [0.1, 0.15) is 6.42 Å². The first-order valence-corrected chi connectivity index (χ1v) is 4.87. The third kappa shape index (κ3) is 2.35. The Labute approximate surface area is 92.8 Å². The Morgan fingerprint density at radius 2 is 2.25 bits per heavy atom. The van der Waals surface area contributed by atoms with Gasteiger partial charge in [-0.2, -0.15) is 5.26 Å². The monoisotopic (exact) mass is 221 g/mol. The topological polar surface area (TPSA) is 71.7 Å². The van der Waals surface area contributed by atoms with Gasteiger partial charge in [0, 0.05) is 6.07 Å². The number of nitriles is 1. The number of hydrogen-bond donors (Lipinski definition) is 1. The van der Waals surface area contributed by atoms with Crippen LogP contribution in [0, 0.1) is 11.3 Å². The molecule has 0 spiro atoms. The number of fused-ring (bicyclic) bond motifs is 1. The lowest BCUT2D eigenvalue weighted by molar-refractivity contribution is 0.111. The highest BCUT2D eigenvalue weighted by molar-refractivity contribution is 5.46. The van der Waals surface area contributed by atoms with Crippen molar-refractivity contribution in [3.8, 4) is 23.3 Å². The molecule has 0 radical (unpaired) electrons. The van der Waals surface area contributed by atoms with Crippen LogP contribution in [0.25, 0.3) is 0 Å². The lowest BCUT2D eigenvalue weighted by Crippen LogP contribution is -2.16. The summed E-state index contributed by atoms with van der Waals surface area (Å²) < 4.78 is 15.6. The zero-order chi connectivity index (χ0) is 11.4. The minimum absolute atomic E-state index is 0.0601. The summed E-state index contributed by atoms with van der Waals surface area (Å²) in [5, 5.41) is 17.7. The highest BCUT2D eigenvalue weighted by Crippen LogP contribution is 2.35. The van der Waals surface area contributed by atoms with Gasteiger partial charge >= 0.3 is 0 Å². The largest absolute Gasteiger partial charge is 0.491 e. The summed E-state index contributed by atoms with van der Waals surface area (Å²) in [5.74, 6) is 1.90. The van der Waals surface area contributed by atoms with Crippen LogP contribution in [0.3, 0.4) is 0 Å². The molecule has 1 aliphatic rings. The molecule has 1 aromatic carbocycles. The molecule has 1 unspecified atom stereocenters. The molecule has 5 heteroatoms. The average molecular weight is 221 g/mol. The Kier molecular flexibility index (Phi) is 3.13. The first kappa shape index (κ1) is 10.6. The summed E-state index contributed by atoms with van der Waals surface area (Å²) in [6, 6.07) is 7.04. The number of rotatable bonds is 4. The Morgan fingerprint density at radius 1 is 1.44 bits per heavy atom. The predicted molar refractivity (Wildman–Crippen MR) is 54.3 cm³/mol. The molecule has 0 fully saturated rings. The van der Waals surface area contributed by atoms with Crippen LogP contribution < -0.4 is 14.2 Å². The number of aliphatic hydroxyl groups is 1. The van der Waals surface area contributed by atoms with Crippen molar-refractivity contribution in [2.45, 2.75) is 12.5 Å². The molecule has 0 aromatic heterocycles. The molecule has 0 aliphatic carbocycles. The number of aliphatic hydroxyl groups excluding tert-OH is 1. The van der Waals surface area contributed by atoms with Crippen LogP contribution in [-0.2, 0) is 0 Å². The van der Waals surface area contributed by atoms with Crippen molar-refractivity contribution in [2.75, 3.05) is 13.4 Å². The van der Waals surface area contributed by atoms with Crippen LogP contribution in [-0.4, -0.2) is 24.6 Å². The van der Waals surface area contributed by atoms with Crippen molar-refractivity contribution < 1.29 is 19.3 Å². The van der Waals surface area contributed by atoms with E-state index < -0.39 is 6.10 Å². The number of ether oxygens (including phenoxy) is 3. The molecule has 16 heavy (non-hydrogen) atoms. The van der Waals surface area contributed by atoms with Crippen molar-refractivity contribution in [3.05, 3.63) is 18.2 Å². The standard InChI is InChI=1S/C11H11NO4/c12-4-3-8(13)6-14-9-1-2-10-11(5-9)16-7-15-10/h1-2,5,8,13H,3,6-7H2. The van der Waals surface area contributed by atoms with Gasteiger partial charge in [-0.1, -0.05) is 0 Å². The van der Waals surface area contributed by atoms with Crippen molar-refractivity contribution in [1.82, 2.24) is 0 Å². The molecule has 0 saturated heterocycles. The van der Waals surface area contributed by atoms with Gasteiger partial charge in [0.05, 0.1) is 12.5 Å². The molecule has 1 aliphatic heterocycles. The fourth-order valence-corrected chi connectivity index (χ4v) is 1.32. The van der Waals surface area contributed by atoms with E-state index in [1.165, 1.54) is 0 Å².